The van der Waals surface area contributed by atoms with Crippen LogP contribution in [-0.4, -0.2) is 58.0 Å². The molecule has 2 heterocycles. The average molecular weight is 403 g/mol. The summed E-state index contributed by atoms with van der Waals surface area (Å²) in [6.07, 6.45) is 1.08. The predicted octanol–water partition coefficient (Wildman–Crippen LogP) is -1.04. The lowest BCUT2D eigenvalue weighted by molar-refractivity contribution is -0.117. The Morgan fingerprint density at radius 3 is 2.54 bits per heavy atom. The summed E-state index contributed by atoms with van der Waals surface area (Å²) in [6, 6.07) is 2.25. The van der Waals surface area contributed by atoms with E-state index in [-0.39, 0.29) is 24.6 Å². The lowest BCUT2D eigenvalue weighted by atomic mass is 10.0. The van der Waals surface area contributed by atoms with Crippen LogP contribution in [0.3, 0.4) is 0 Å². The molecular formula is C14H14FN3O6S2. The van der Waals surface area contributed by atoms with Gasteiger partial charge in [0.15, 0.2) is 5.82 Å². The second-order valence-electron chi connectivity index (χ2n) is 5.88. The van der Waals surface area contributed by atoms with Gasteiger partial charge in [-0.3, -0.25) is 4.79 Å². The van der Waals surface area contributed by atoms with Crippen molar-refractivity contribution in [3.8, 4) is 17.6 Å². The highest BCUT2D eigenvalue weighted by atomic mass is 32.2. The van der Waals surface area contributed by atoms with E-state index >= 15 is 0 Å². The number of halogens is 1. The van der Waals surface area contributed by atoms with Gasteiger partial charge in [-0.25, -0.2) is 21.8 Å². The first-order valence-corrected chi connectivity index (χ1v) is 10.6. The summed E-state index contributed by atoms with van der Waals surface area (Å²) in [7, 11) is -7.57. The summed E-state index contributed by atoms with van der Waals surface area (Å²) in [6.45, 7) is -0.274. The van der Waals surface area contributed by atoms with Crippen LogP contribution in [-0.2, 0) is 25.0 Å². The van der Waals surface area contributed by atoms with Crippen LogP contribution in [0.2, 0.25) is 0 Å². The van der Waals surface area contributed by atoms with Crippen LogP contribution in [0.5, 0.6) is 5.75 Å². The number of aromatic hydroxyl groups is 1. The smallest absolute Gasteiger partial charge is 0.326 e. The van der Waals surface area contributed by atoms with Crippen LogP contribution in [0.1, 0.15) is 5.56 Å². The fourth-order valence-electron chi connectivity index (χ4n) is 2.51. The number of carbonyl (C=O) groups is 1. The van der Waals surface area contributed by atoms with Crippen molar-refractivity contribution in [1.29, 1.82) is 0 Å². The molecule has 2 aliphatic heterocycles. The number of nitrogens with zero attached hydrogens (tertiary/aromatic N) is 2. The Bertz CT molecular complexity index is 1050. The average Bonchev–Trinajstić information content (AvgIpc) is 2.71. The molecule has 1 amide bonds. The van der Waals surface area contributed by atoms with Gasteiger partial charge in [0.2, 0.25) is 10.0 Å². The third-order valence-corrected chi connectivity index (χ3v) is 6.51. The summed E-state index contributed by atoms with van der Waals surface area (Å²) in [5.41, 5.74) is -0.841. The molecule has 0 bridgehead atoms. The van der Waals surface area contributed by atoms with E-state index in [9.17, 15) is 31.1 Å². The quantitative estimate of drug-likeness (QED) is 0.608. The number of amides is 1. The van der Waals surface area contributed by atoms with Gasteiger partial charge < -0.3 is 5.11 Å². The number of phenols is 1. The predicted molar refractivity (Wildman–Crippen MR) is 89.3 cm³/mol. The molecular weight excluding hydrogens is 389 g/mol. The van der Waals surface area contributed by atoms with E-state index in [0.29, 0.717) is 4.31 Å². The molecule has 0 spiro atoms. The minimum atomic E-state index is -4.29. The number of phenolic OH excluding ortho intramolecular Hbond substituents is 1. The molecule has 0 aliphatic carbocycles. The molecule has 0 atom stereocenters. The number of carbonyl (C=O) groups excluding carboxylic acids is 1. The lowest BCUT2D eigenvalue weighted by Crippen LogP contribution is -2.48. The fraction of sp³-hybridized carbons (Fsp3) is 0.357. The van der Waals surface area contributed by atoms with E-state index in [2.05, 4.69) is 11.8 Å². The zero-order chi connectivity index (χ0) is 19.3. The Labute approximate surface area is 149 Å². The first-order chi connectivity index (χ1) is 12.0. The molecule has 26 heavy (non-hydrogen) atoms. The topological polar surface area (TPSA) is 124 Å². The van der Waals surface area contributed by atoms with E-state index in [1.165, 1.54) is 10.4 Å². The lowest BCUT2D eigenvalue weighted by Gasteiger charge is -2.33. The Morgan fingerprint density at radius 2 is 2.00 bits per heavy atom. The van der Waals surface area contributed by atoms with Crippen LogP contribution in [0.15, 0.2) is 12.1 Å². The first kappa shape index (κ1) is 18.4. The molecule has 0 saturated carbocycles. The molecule has 1 aromatic rings. The minimum absolute atomic E-state index is 0.176. The summed E-state index contributed by atoms with van der Waals surface area (Å²) in [5, 5.41) is 9.85. The van der Waals surface area contributed by atoms with Gasteiger partial charge in [0, 0.05) is 19.0 Å². The minimum Gasteiger partial charge on any atom is -0.506 e. The molecule has 0 unspecified atom stereocenters. The SMILES string of the molecule is CS(=O)(=O)N1CC(C#Cc2ccc(O)c(N3CC(=O)NS3(=O)=O)c2F)C1. The van der Waals surface area contributed by atoms with Crippen LogP contribution >= 0.6 is 0 Å². The normalized spacial score (nSPS) is 20.2. The van der Waals surface area contributed by atoms with Gasteiger partial charge in [-0.1, -0.05) is 11.8 Å². The summed E-state index contributed by atoms with van der Waals surface area (Å²) < 4.78 is 64.3. The van der Waals surface area contributed by atoms with Crippen LogP contribution < -0.4 is 9.03 Å². The number of sulfonamides is 1. The molecule has 2 fully saturated rings. The number of hydrogen-bond acceptors (Lipinski definition) is 6. The highest BCUT2D eigenvalue weighted by Gasteiger charge is 2.38. The van der Waals surface area contributed by atoms with Crippen LogP contribution in [0.25, 0.3) is 0 Å². The van der Waals surface area contributed by atoms with Gasteiger partial charge in [0.1, 0.15) is 18.0 Å². The van der Waals surface area contributed by atoms with Crippen LogP contribution in [0, 0.1) is 23.6 Å². The summed E-state index contributed by atoms with van der Waals surface area (Å²) in [4.78, 5) is 11.3. The molecule has 140 valence electrons. The van der Waals surface area contributed by atoms with Crippen molar-refractivity contribution in [3.05, 3.63) is 23.5 Å². The van der Waals surface area contributed by atoms with Gasteiger partial charge in [-0.05, 0) is 12.1 Å². The molecule has 1 aromatic carbocycles. The van der Waals surface area contributed by atoms with Gasteiger partial charge in [-0.2, -0.15) is 12.7 Å². The van der Waals surface area contributed by atoms with E-state index in [1.54, 1.807) is 4.72 Å². The number of hydrogen-bond donors (Lipinski definition) is 2. The van der Waals surface area contributed by atoms with Gasteiger partial charge in [0.05, 0.1) is 11.8 Å². The monoisotopic (exact) mass is 403 g/mol. The summed E-state index contributed by atoms with van der Waals surface area (Å²) in [5.74, 6) is 2.38. The first-order valence-electron chi connectivity index (χ1n) is 7.30. The van der Waals surface area contributed by atoms with E-state index in [4.69, 9.17) is 0 Å². The van der Waals surface area contributed by atoms with Crippen molar-refractivity contribution < 1.29 is 31.1 Å². The molecule has 2 N–H and O–H groups in total. The standard InChI is InChI=1S/C14H14FN3O6S2/c1-25(21,22)17-6-9(7-17)2-3-10-4-5-11(19)14(13(10)15)18-8-12(20)16-26(18,23)24/h4-5,9,19H,6-8H2,1H3,(H,16,20). The largest absolute Gasteiger partial charge is 0.506 e. The highest BCUT2D eigenvalue weighted by Crippen LogP contribution is 2.34. The Hall–Kier alpha value is -2.36. The van der Waals surface area contributed by atoms with Crippen molar-refractivity contribution in [2.75, 3.05) is 30.2 Å². The van der Waals surface area contributed by atoms with E-state index < -0.39 is 49.9 Å². The number of rotatable bonds is 2. The number of benzene rings is 1. The van der Waals surface area contributed by atoms with Crippen molar-refractivity contribution in [2.45, 2.75) is 0 Å². The molecule has 0 radical (unpaired) electrons. The maximum atomic E-state index is 14.7. The van der Waals surface area contributed by atoms with Crippen molar-refractivity contribution in [2.24, 2.45) is 5.92 Å². The molecule has 0 aromatic heterocycles. The van der Waals surface area contributed by atoms with Gasteiger partial charge in [0.25, 0.3) is 5.91 Å². The third-order valence-electron chi connectivity index (χ3n) is 3.89. The maximum Gasteiger partial charge on any atom is 0.326 e. The second-order valence-corrected chi connectivity index (χ2v) is 9.46. The van der Waals surface area contributed by atoms with Crippen molar-refractivity contribution >= 4 is 31.8 Å². The second kappa shape index (κ2) is 6.11. The van der Waals surface area contributed by atoms with E-state index in [1.807, 2.05) is 0 Å². The van der Waals surface area contributed by atoms with Gasteiger partial charge >= 0.3 is 10.2 Å². The Balaban J connectivity index is 1.88. The Kier molecular flexibility index (Phi) is 4.33. The van der Waals surface area contributed by atoms with Crippen LogP contribution in [0.4, 0.5) is 10.1 Å². The summed E-state index contributed by atoms with van der Waals surface area (Å²) >= 11 is 0. The van der Waals surface area contributed by atoms with Crippen molar-refractivity contribution in [1.82, 2.24) is 9.03 Å². The molecule has 3 rings (SSSR count). The van der Waals surface area contributed by atoms with Gasteiger partial charge in [-0.15, -0.1) is 0 Å². The van der Waals surface area contributed by atoms with E-state index in [0.717, 1.165) is 12.3 Å². The number of nitrogens with one attached hydrogen (secondary N) is 1. The Morgan fingerprint density at radius 1 is 1.35 bits per heavy atom. The maximum absolute atomic E-state index is 14.7. The molecule has 9 nitrogen and oxygen atoms in total. The highest BCUT2D eigenvalue weighted by molar-refractivity contribution is 7.92. The fourth-order valence-corrected chi connectivity index (χ4v) is 4.58. The molecule has 2 aliphatic rings. The number of anilines is 1. The third kappa shape index (κ3) is 3.33. The zero-order valence-corrected chi connectivity index (χ0v) is 15.1. The molecule has 12 heteroatoms. The molecule has 2 saturated heterocycles. The van der Waals surface area contributed by atoms with Crippen molar-refractivity contribution in [3.63, 3.8) is 0 Å². The zero-order valence-electron chi connectivity index (χ0n) is 13.4.